The number of amides is 1. The van der Waals surface area contributed by atoms with Crippen LogP contribution in [0.4, 0.5) is 0 Å². The number of hydrogen-bond acceptors (Lipinski definition) is 4. The van der Waals surface area contributed by atoms with Gasteiger partial charge in [0.2, 0.25) is 5.91 Å². The molecule has 0 spiro atoms. The number of benzene rings is 1. The van der Waals surface area contributed by atoms with Gasteiger partial charge in [-0.15, -0.1) is 0 Å². The van der Waals surface area contributed by atoms with Crippen molar-refractivity contribution in [2.75, 3.05) is 32.7 Å². The summed E-state index contributed by atoms with van der Waals surface area (Å²) in [4.78, 5) is 34.0. The van der Waals surface area contributed by atoms with Gasteiger partial charge in [0, 0.05) is 11.6 Å². The van der Waals surface area contributed by atoms with Crippen LogP contribution in [-0.2, 0) is 11.3 Å². The van der Waals surface area contributed by atoms with Crippen LogP contribution < -0.4 is 10.5 Å². The Morgan fingerprint density at radius 3 is 2.68 bits per heavy atom. The first kappa shape index (κ1) is 21.1. The SMILES string of the molecule is CCCn1c(S[C@H](C)C(=O)N2CC[NH+](CC)CC2)nc2cc(Cl)ccc2c1=O. The molecule has 1 aromatic carbocycles. The predicted molar refractivity (Wildman–Crippen MR) is 114 cm³/mol. The Morgan fingerprint density at radius 2 is 2.04 bits per heavy atom. The van der Waals surface area contributed by atoms with E-state index >= 15 is 0 Å². The summed E-state index contributed by atoms with van der Waals surface area (Å²) in [5.74, 6) is 0.114. The third kappa shape index (κ3) is 4.53. The van der Waals surface area contributed by atoms with Gasteiger partial charge in [0.1, 0.15) is 0 Å². The van der Waals surface area contributed by atoms with Crippen LogP contribution in [0, 0.1) is 0 Å². The maximum absolute atomic E-state index is 12.9. The lowest BCUT2D eigenvalue weighted by Crippen LogP contribution is -3.14. The molecule has 8 heteroatoms. The molecule has 2 aromatic rings. The van der Waals surface area contributed by atoms with Crippen LogP contribution in [0.3, 0.4) is 0 Å². The van der Waals surface area contributed by atoms with Crippen LogP contribution in [0.25, 0.3) is 10.9 Å². The number of hydrogen-bond donors (Lipinski definition) is 1. The number of fused-ring (bicyclic) bond motifs is 1. The molecule has 1 fully saturated rings. The third-order valence-corrected chi connectivity index (χ3v) is 6.55. The summed E-state index contributed by atoms with van der Waals surface area (Å²) >= 11 is 7.45. The number of carbonyl (C=O) groups is 1. The Labute approximate surface area is 174 Å². The van der Waals surface area contributed by atoms with E-state index in [1.165, 1.54) is 16.7 Å². The zero-order valence-corrected chi connectivity index (χ0v) is 18.3. The van der Waals surface area contributed by atoms with Crippen molar-refractivity contribution in [3.05, 3.63) is 33.6 Å². The first-order chi connectivity index (χ1) is 13.4. The molecule has 6 nitrogen and oxygen atoms in total. The van der Waals surface area contributed by atoms with Gasteiger partial charge in [0.25, 0.3) is 5.56 Å². The molecule has 1 N–H and O–H groups in total. The van der Waals surface area contributed by atoms with Crippen LogP contribution >= 0.6 is 23.4 Å². The molecular weight excluding hydrogens is 396 g/mol. The van der Waals surface area contributed by atoms with Crippen LogP contribution in [0.15, 0.2) is 28.2 Å². The van der Waals surface area contributed by atoms with Crippen molar-refractivity contribution in [2.24, 2.45) is 0 Å². The molecule has 1 aromatic heterocycles. The lowest BCUT2D eigenvalue weighted by atomic mass is 10.2. The number of rotatable bonds is 6. The smallest absolute Gasteiger partial charge is 0.262 e. The van der Waals surface area contributed by atoms with E-state index in [0.717, 1.165) is 39.1 Å². The Balaban J connectivity index is 1.85. The second-order valence-corrected chi connectivity index (χ2v) is 8.95. The highest BCUT2D eigenvalue weighted by atomic mass is 35.5. The van der Waals surface area contributed by atoms with Crippen molar-refractivity contribution < 1.29 is 9.69 Å². The average molecular weight is 424 g/mol. The zero-order chi connectivity index (χ0) is 20.3. The fourth-order valence-corrected chi connectivity index (χ4v) is 4.73. The topological polar surface area (TPSA) is 59.6 Å². The molecule has 1 aliphatic rings. The van der Waals surface area contributed by atoms with E-state index in [9.17, 15) is 9.59 Å². The minimum atomic E-state index is -0.296. The summed E-state index contributed by atoms with van der Waals surface area (Å²) in [7, 11) is 0. The number of likely N-dealkylation sites (N-methyl/N-ethyl adjacent to an activating group) is 1. The van der Waals surface area contributed by atoms with E-state index in [-0.39, 0.29) is 16.7 Å². The first-order valence-electron chi connectivity index (χ1n) is 9.93. The first-order valence-corrected chi connectivity index (χ1v) is 11.2. The van der Waals surface area contributed by atoms with Gasteiger partial charge in [-0.2, -0.15) is 0 Å². The van der Waals surface area contributed by atoms with Crippen LogP contribution in [-0.4, -0.2) is 58.3 Å². The van der Waals surface area contributed by atoms with Gasteiger partial charge in [0.05, 0.1) is 48.9 Å². The molecule has 3 rings (SSSR count). The predicted octanol–water partition coefficient (Wildman–Crippen LogP) is 1.69. The Kier molecular flexibility index (Phi) is 7.01. The molecule has 1 saturated heterocycles. The van der Waals surface area contributed by atoms with Gasteiger partial charge in [-0.3, -0.25) is 14.2 Å². The van der Waals surface area contributed by atoms with Crippen molar-refractivity contribution in [2.45, 2.75) is 44.1 Å². The van der Waals surface area contributed by atoms with Gasteiger partial charge in [0.15, 0.2) is 5.16 Å². The van der Waals surface area contributed by atoms with Crippen LogP contribution in [0.5, 0.6) is 0 Å². The second kappa shape index (κ2) is 9.29. The molecule has 28 heavy (non-hydrogen) atoms. The van der Waals surface area contributed by atoms with E-state index in [0.29, 0.717) is 27.6 Å². The molecule has 0 aliphatic carbocycles. The monoisotopic (exact) mass is 423 g/mol. The minimum absolute atomic E-state index is 0.0779. The molecular formula is C20H28ClN4O2S+. The van der Waals surface area contributed by atoms with Gasteiger partial charge in [-0.05, 0) is 38.5 Å². The van der Waals surface area contributed by atoms with Crippen molar-refractivity contribution in [3.8, 4) is 0 Å². The lowest BCUT2D eigenvalue weighted by molar-refractivity contribution is -0.902. The maximum Gasteiger partial charge on any atom is 0.262 e. The molecule has 152 valence electrons. The molecule has 0 saturated carbocycles. The van der Waals surface area contributed by atoms with Crippen molar-refractivity contribution >= 4 is 40.2 Å². The van der Waals surface area contributed by atoms with Crippen molar-refractivity contribution in [1.29, 1.82) is 0 Å². The summed E-state index contributed by atoms with van der Waals surface area (Å²) in [5.41, 5.74) is 0.498. The summed E-state index contributed by atoms with van der Waals surface area (Å²) in [6.07, 6.45) is 0.818. The fraction of sp³-hybridized carbons (Fsp3) is 0.550. The summed E-state index contributed by atoms with van der Waals surface area (Å²) in [6.45, 7) is 11.3. The molecule has 1 aliphatic heterocycles. The van der Waals surface area contributed by atoms with E-state index in [4.69, 9.17) is 11.6 Å². The number of piperazine rings is 1. The third-order valence-electron chi connectivity index (χ3n) is 5.24. The number of nitrogens with one attached hydrogen (secondary N) is 1. The maximum atomic E-state index is 12.9. The standard InChI is InChI=1S/C20H27ClN4O2S/c1-4-8-25-19(27)16-7-6-15(21)13-17(16)22-20(25)28-14(3)18(26)24-11-9-23(5-2)10-12-24/h6-7,13-14H,4-5,8-12H2,1-3H3/p+1/t14-/m1/s1. The highest BCUT2D eigenvalue weighted by Gasteiger charge is 2.28. The van der Waals surface area contributed by atoms with Crippen molar-refractivity contribution in [3.63, 3.8) is 0 Å². The van der Waals surface area contributed by atoms with E-state index in [1.807, 2.05) is 18.7 Å². The number of nitrogens with zero attached hydrogens (tertiary/aromatic N) is 3. The quantitative estimate of drug-likeness (QED) is 0.567. The highest BCUT2D eigenvalue weighted by Crippen LogP contribution is 2.25. The molecule has 1 atom stereocenters. The number of quaternary nitrogens is 1. The Hall–Kier alpha value is -1.57. The number of aromatic nitrogens is 2. The molecule has 2 heterocycles. The minimum Gasteiger partial charge on any atom is -0.332 e. The molecule has 1 amide bonds. The summed E-state index contributed by atoms with van der Waals surface area (Å²) in [5, 5.41) is 1.39. The molecule has 0 unspecified atom stereocenters. The normalized spacial score (nSPS) is 16.5. The van der Waals surface area contributed by atoms with Crippen LogP contribution in [0.2, 0.25) is 5.02 Å². The largest absolute Gasteiger partial charge is 0.332 e. The van der Waals surface area contributed by atoms with E-state index in [1.54, 1.807) is 22.8 Å². The van der Waals surface area contributed by atoms with E-state index < -0.39 is 0 Å². The van der Waals surface area contributed by atoms with Crippen LogP contribution in [0.1, 0.15) is 27.2 Å². The summed E-state index contributed by atoms with van der Waals surface area (Å²) < 4.78 is 1.68. The number of halogens is 1. The average Bonchev–Trinajstić information content (AvgIpc) is 2.70. The number of thioether (sulfide) groups is 1. The highest BCUT2D eigenvalue weighted by molar-refractivity contribution is 8.00. The Morgan fingerprint density at radius 1 is 1.32 bits per heavy atom. The van der Waals surface area contributed by atoms with Gasteiger partial charge < -0.3 is 9.80 Å². The lowest BCUT2D eigenvalue weighted by Gasteiger charge is -2.33. The summed E-state index contributed by atoms with van der Waals surface area (Å²) in [6, 6.07) is 5.13. The van der Waals surface area contributed by atoms with Gasteiger partial charge in [-0.1, -0.05) is 30.3 Å². The second-order valence-electron chi connectivity index (χ2n) is 7.20. The van der Waals surface area contributed by atoms with E-state index in [2.05, 4.69) is 11.9 Å². The zero-order valence-electron chi connectivity index (χ0n) is 16.7. The molecule has 0 bridgehead atoms. The van der Waals surface area contributed by atoms with Gasteiger partial charge >= 0.3 is 0 Å². The van der Waals surface area contributed by atoms with Gasteiger partial charge in [-0.25, -0.2) is 4.98 Å². The number of carbonyl (C=O) groups excluding carboxylic acids is 1. The Bertz CT molecular complexity index is 909. The fourth-order valence-electron chi connectivity index (χ4n) is 3.55. The van der Waals surface area contributed by atoms with Crippen molar-refractivity contribution in [1.82, 2.24) is 14.5 Å². The molecule has 0 radical (unpaired) electrons.